The highest BCUT2D eigenvalue weighted by molar-refractivity contribution is 9.10. The van der Waals surface area contributed by atoms with Gasteiger partial charge in [0.15, 0.2) is 0 Å². The minimum Gasteiger partial charge on any atom is -0.456 e. The lowest BCUT2D eigenvalue weighted by molar-refractivity contribution is 0.669. The monoisotopic (exact) mass is 411 g/mol. The van der Waals surface area contributed by atoms with Crippen molar-refractivity contribution in [2.75, 3.05) is 0 Å². The molecule has 0 aliphatic rings. The highest BCUT2D eigenvalue weighted by atomic mass is 79.9. The summed E-state index contributed by atoms with van der Waals surface area (Å²) in [5.74, 6) is 0. The van der Waals surface area contributed by atoms with Gasteiger partial charge in [0, 0.05) is 37.8 Å². The van der Waals surface area contributed by atoms with E-state index in [9.17, 15) is 0 Å². The molecule has 0 N–H and O–H groups in total. The van der Waals surface area contributed by atoms with Gasteiger partial charge in [0.2, 0.25) is 0 Å². The number of benzene rings is 4. The van der Waals surface area contributed by atoms with Crippen LogP contribution >= 0.6 is 15.9 Å². The molecule has 0 spiro atoms. The largest absolute Gasteiger partial charge is 0.456 e. The number of halogens is 1. The van der Waals surface area contributed by atoms with E-state index in [0.717, 1.165) is 37.6 Å². The average Bonchev–Trinajstić information content (AvgIpc) is 3.21. The van der Waals surface area contributed by atoms with Gasteiger partial charge in [-0.2, -0.15) is 0 Å². The molecule has 6 rings (SSSR count). The van der Waals surface area contributed by atoms with Crippen molar-refractivity contribution in [3.05, 3.63) is 89.4 Å². The Labute approximate surface area is 163 Å². The summed E-state index contributed by atoms with van der Waals surface area (Å²) in [6.07, 6.45) is 0. The van der Waals surface area contributed by atoms with Crippen LogP contribution in [0.3, 0.4) is 0 Å². The highest BCUT2D eigenvalue weighted by Crippen LogP contribution is 2.38. The van der Waals surface area contributed by atoms with Gasteiger partial charge in [-0.15, -0.1) is 0 Å². The van der Waals surface area contributed by atoms with Crippen LogP contribution in [0.1, 0.15) is 0 Å². The standard InChI is InChI=1S/C24H14BrNO/c25-15-10-11-21-18(12-15)19-13-20-17-8-4-5-9-23(17)27-24(20)14-22(19)26(21)16-6-2-1-3-7-16/h1-14H. The van der Waals surface area contributed by atoms with Gasteiger partial charge in [-0.05, 0) is 42.5 Å². The first kappa shape index (κ1) is 15.1. The number of fused-ring (bicyclic) bond motifs is 6. The molecule has 0 amide bonds. The van der Waals surface area contributed by atoms with Gasteiger partial charge >= 0.3 is 0 Å². The first-order valence-electron chi connectivity index (χ1n) is 8.90. The van der Waals surface area contributed by atoms with Crippen LogP contribution in [0.5, 0.6) is 0 Å². The Balaban J connectivity index is 1.85. The van der Waals surface area contributed by atoms with Crippen LogP contribution in [-0.4, -0.2) is 4.57 Å². The zero-order valence-corrected chi connectivity index (χ0v) is 15.9. The molecule has 2 nitrogen and oxygen atoms in total. The van der Waals surface area contributed by atoms with E-state index in [1.807, 2.05) is 18.2 Å². The fourth-order valence-electron chi connectivity index (χ4n) is 4.07. The molecule has 128 valence electrons. The third kappa shape index (κ3) is 2.12. The second-order valence-electron chi connectivity index (χ2n) is 6.80. The molecular weight excluding hydrogens is 398 g/mol. The molecule has 0 radical (unpaired) electrons. The SMILES string of the molecule is Brc1ccc2c(c1)c1cc3c(cc1n2-c1ccccc1)oc1ccccc13. The van der Waals surface area contributed by atoms with Crippen LogP contribution in [0.15, 0.2) is 93.8 Å². The molecule has 0 atom stereocenters. The van der Waals surface area contributed by atoms with E-state index in [2.05, 4.69) is 87.2 Å². The van der Waals surface area contributed by atoms with Crippen molar-refractivity contribution in [1.29, 1.82) is 0 Å². The van der Waals surface area contributed by atoms with Crippen molar-refractivity contribution in [3.8, 4) is 5.69 Å². The fourth-order valence-corrected chi connectivity index (χ4v) is 4.43. The Kier molecular flexibility index (Phi) is 3.06. The van der Waals surface area contributed by atoms with E-state index in [4.69, 9.17) is 4.42 Å². The molecule has 0 saturated carbocycles. The predicted octanol–water partition coefficient (Wildman–Crippen LogP) is 7.45. The van der Waals surface area contributed by atoms with Gasteiger partial charge < -0.3 is 8.98 Å². The van der Waals surface area contributed by atoms with Crippen LogP contribution in [0.2, 0.25) is 0 Å². The summed E-state index contributed by atoms with van der Waals surface area (Å²) in [5, 5.41) is 4.78. The zero-order valence-electron chi connectivity index (χ0n) is 14.3. The molecule has 2 heterocycles. The van der Waals surface area contributed by atoms with E-state index in [0.29, 0.717) is 0 Å². The lowest BCUT2D eigenvalue weighted by atomic mass is 10.1. The average molecular weight is 412 g/mol. The van der Waals surface area contributed by atoms with E-state index >= 15 is 0 Å². The van der Waals surface area contributed by atoms with E-state index in [1.54, 1.807) is 0 Å². The first-order chi connectivity index (χ1) is 13.3. The highest BCUT2D eigenvalue weighted by Gasteiger charge is 2.16. The second kappa shape index (κ2) is 5.48. The Morgan fingerprint density at radius 1 is 0.593 bits per heavy atom. The van der Waals surface area contributed by atoms with Crippen molar-refractivity contribution in [2.45, 2.75) is 0 Å². The molecule has 0 aliphatic carbocycles. The van der Waals surface area contributed by atoms with E-state index in [-0.39, 0.29) is 0 Å². The number of nitrogens with zero attached hydrogens (tertiary/aromatic N) is 1. The lowest BCUT2D eigenvalue weighted by Gasteiger charge is -2.07. The molecule has 0 bridgehead atoms. The van der Waals surface area contributed by atoms with Gasteiger partial charge in [-0.1, -0.05) is 52.3 Å². The summed E-state index contributed by atoms with van der Waals surface area (Å²) < 4.78 is 9.54. The van der Waals surface area contributed by atoms with E-state index < -0.39 is 0 Å². The van der Waals surface area contributed by atoms with Crippen LogP contribution in [0.25, 0.3) is 49.4 Å². The molecule has 0 fully saturated rings. The number of rotatable bonds is 1. The normalized spacial score (nSPS) is 11.9. The molecule has 0 aliphatic heterocycles. The van der Waals surface area contributed by atoms with Crippen LogP contribution in [0, 0.1) is 0 Å². The summed E-state index contributed by atoms with van der Waals surface area (Å²) in [5.41, 5.74) is 5.34. The molecule has 27 heavy (non-hydrogen) atoms. The van der Waals surface area contributed by atoms with E-state index in [1.165, 1.54) is 16.3 Å². The molecule has 2 aromatic heterocycles. The number of hydrogen-bond acceptors (Lipinski definition) is 1. The summed E-state index contributed by atoms with van der Waals surface area (Å²) in [7, 11) is 0. The van der Waals surface area contributed by atoms with Gasteiger partial charge in [0.25, 0.3) is 0 Å². The molecule has 0 unspecified atom stereocenters. The van der Waals surface area contributed by atoms with Crippen molar-refractivity contribution in [2.24, 2.45) is 0 Å². The van der Waals surface area contributed by atoms with Gasteiger partial charge in [0.05, 0.1) is 11.0 Å². The Morgan fingerprint density at radius 2 is 1.37 bits per heavy atom. The molecule has 0 saturated heterocycles. The fraction of sp³-hybridized carbons (Fsp3) is 0. The van der Waals surface area contributed by atoms with Gasteiger partial charge in [-0.3, -0.25) is 0 Å². The maximum absolute atomic E-state index is 6.15. The number of para-hydroxylation sites is 2. The van der Waals surface area contributed by atoms with Crippen molar-refractivity contribution in [3.63, 3.8) is 0 Å². The minimum absolute atomic E-state index is 0.919. The first-order valence-corrected chi connectivity index (χ1v) is 9.69. The Bertz CT molecular complexity index is 1470. The van der Waals surface area contributed by atoms with Gasteiger partial charge in [0.1, 0.15) is 11.2 Å². The smallest absolute Gasteiger partial charge is 0.137 e. The minimum atomic E-state index is 0.919. The summed E-state index contributed by atoms with van der Waals surface area (Å²) in [6, 6.07) is 29.6. The van der Waals surface area contributed by atoms with Crippen molar-refractivity contribution < 1.29 is 4.42 Å². The summed E-state index contributed by atoms with van der Waals surface area (Å²) in [4.78, 5) is 0. The predicted molar refractivity (Wildman–Crippen MR) is 116 cm³/mol. The molecular formula is C24H14BrNO. The third-order valence-corrected chi connectivity index (χ3v) is 5.73. The number of aromatic nitrogens is 1. The molecule has 4 aromatic carbocycles. The summed E-state index contributed by atoms with van der Waals surface area (Å²) in [6.45, 7) is 0. The topological polar surface area (TPSA) is 18.1 Å². The quantitative estimate of drug-likeness (QED) is 0.274. The molecule has 6 aromatic rings. The van der Waals surface area contributed by atoms with Crippen molar-refractivity contribution >= 4 is 59.7 Å². The maximum atomic E-state index is 6.15. The molecule has 3 heteroatoms. The summed E-state index contributed by atoms with van der Waals surface area (Å²) >= 11 is 3.64. The van der Waals surface area contributed by atoms with Crippen molar-refractivity contribution in [1.82, 2.24) is 4.57 Å². The zero-order chi connectivity index (χ0) is 18.0. The number of hydrogen-bond donors (Lipinski definition) is 0. The Hall–Kier alpha value is -3.04. The second-order valence-corrected chi connectivity index (χ2v) is 7.71. The number of furan rings is 1. The van der Waals surface area contributed by atoms with Gasteiger partial charge in [-0.25, -0.2) is 0 Å². The Morgan fingerprint density at radius 3 is 2.26 bits per heavy atom. The van der Waals surface area contributed by atoms with Crippen LogP contribution in [-0.2, 0) is 0 Å². The maximum Gasteiger partial charge on any atom is 0.137 e. The van der Waals surface area contributed by atoms with Crippen LogP contribution in [0.4, 0.5) is 0 Å². The van der Waals surface area contributed by atoms with Crippen LogP contribution < -0.4 is 0 Å². The lowest BCUT2D eigenvalue weighted by Crippen LogP contribution is -1.92. The third-order valence-electron chi connectivity index (χ3n) is 5.24.